The highest BCUT2D eigenvalue weighted by molar-refractivity contribution is 6.30. The number of fused-ring (bicyclic) bond motifs is 2. The van der Waals surface area contributed by atoms with Crippen LogP contribution in [0, 0.1) is 0 Å². The van der Waals surface area contributed by atoms with Gasteiger partial charge in [0.05, 0.1) is 24.9 Å². The first-order chi connectivity index (χ1) is 17.7. The summed E-state index contributed by atoms with van der Waals surface area (Å²) in [7, 11) is 0. The summed E-state index contributed by atoms with van der Waals surface area (Å²) in [6.45, 7) is 1.09. The molecule has 0 spiro atoms. The van der Waals surface area contributed by atoms with Crippen molar-refractivity contribution >= 4 is 45.2 Å². The van der Waals surface area contributed by atoms with E-state index in [1.807, 2.05) is 71.3 Å². The Morgan fingerprint density at radius 2 is 1.53 bits per heavy atom. The van der Waals surface area contributed by atoms with Crippen molar-refractivity contribution in [3.63, 3.8) is 0 Å². The van der Waals surface area contributed by atoms with E-state index < -0.39 is 0 Å². The minimum Gasteiger partial charge on any atom is -0.493 e. The van der Waals surface area contributed by atoms with Crippen LogP contribution in [0.3, 0.4) is 0 Å². The summed E-state index contributed by atoms with van der Waals surface area (Å²) in [4.78, 5) is 13.2. The van der Waals surface area contributed by atoms with E-state index in [1.54, 1.807) is 10.9 Å². The van der Waals surface area contributed by atoms with Gasteiger partial charge in [0.2, 0.25) is 11.7 Å². The van der Waals surface area contributed by atoms with Gasteiger partial charge >= 0.3 is 0 Å². The van der Waals surface area contributed by atoms with E-state index >= 15 is 0 Å². The molecule has 0 atom stereocenters. The van der Waals surface area contributed by atoms with Crippen molar-refractivity contribution in [3.8, 4) is 5.88 Å². The molecule has 0 amide bonds. The number of aromatic nitrogens is 5. The Kier molecular flexibility index (Phi) is 5.63. The van der Waals surface area contributed by atoms with Crippen LogP contribution in [0.5, 0.6) is 5.88 Å². The maximum atomic E-state index is 11.1. The maximum Gasteiger partial charge on any atom is 0.221 e. The fraction of sp³-hybridized carbons (Fsp3) is 0.0741. The topological polar surface area (TPSA) is 93.5 Å². The van der Waals surface area contributed by atoms with Gasteiger partial charge in [0.15, 0.2) is 16.9 Å². The fourth-order valence-electron chi connectivity index (χ4n) is 4.24. The predicted octanol–water partition coefficient (Wildman–Crippen LogP) is 6.65. The van der Waals surface area contributed by atoms with Crippen molar-refractivity contribution in [2.24, 2.45) is 10.2 Å². The first-order valence-corrected chi connectivity index (χ1v) is 11.7. The predicted molar refractivity (Wildman–Crippen MR) is 139 cm³/mol. The summed E-state index contributed by atoms with van der Waals surface area (Å²) in [5.74, 6) is 0.357. The van der Waals surface area contributed by atoms with Crippen molar-refractivity contribution < 1.29 is 5.11 Å². The molecule has 6 aromatic rings. The van der Waals surface area contributed by atoms with Crippen LogP contribution in [0.1, 0.15) is 11.1 Å². The van der Waals surface area contributed by atoms with Crippen molar-refractivity contribution in [1.29, 1.82) is 0 Å². The van der Waals surface area contributed by atoms with Crippen LogP contribution < -0.4 is 0 Å². The van der Waals surface area contributed by atoms with Crippen molar-refractivity contribution in [2.45, 2.75) is 13.1 Å². The lowest BCUT2D eigenvalue weighted by Gasteiger charge is -2.07. The van der Waals surface area contributed by atoms with E-state index in [0.29, 0.717) is 40.8 Å². The minimum atomic E-state index is 0.0230. The van der Waals surface area contributed by atoms with Gasteiger partial charge in [-0.25, -0.2) is 15.0 Å². The smallest absolute Gasteiger partial charge is 0.221 e. The second-order valence-corrected chi connectivity index (χ2v) is 8.77. The Labute approximate surface area is 211 Å². The number of halogens is 1. The normalized spacial score (nSPS) is 11.7. The molecule has 0 bridgehead atoms. The van der Waals surface area contributed by atoms with E-state index in [9.17, 15) is 5.11 Å². The molecule has 9 heteroatoms. The van der Waals surface area contributed by atoms with Gasteiger partial charge in [0.1, 0.15) is 6.33 Å². The number of benzene rings is 3. The van der Waals surface area contributed by atoms with Crippen LogP contribution >= 0.6 is 11.6 Å². The standard InChI is InChI=1S/C27H20ClN7O/c28-20-12-10-19(11-13-20)15-35-22-9-5-4-8-21(22)23(27(35)36)32-33-25-24-26(30-16-29-25)34(17-31-24)14-18-6-2-1-3-7-18/h1-13,16-17,36H,14-15H2. The third-order valence-corrected chi connectivity index (χ3v) is 6.25. The molecule has 0 unspecified atom stereocenters. The van der Waals surface area contributed by atoms with Crippen LogP contribution in [-0.2, 0) is 13.1 Å². The molecule has 0 aliphatic heterocycles. The molecule has 3 heterocycles. The molecule has 0 saturated carbocycles. The lowest BCUT2D eigenvalue weighted by Crippen LogP contribution is -1.99. The van der Waals surface area contributed by atoms with E-state index in [4.69, 9.17) is 11.6 Å². The van der Waals surface area contributed by atoms with Crippen LogP contribution in [0.25, 0.3) is 22.1 Å². The average molecular weight is 494 g/mol. The van der Waals surface area contributed by atoms with Gasteiger partial charge in [-0.05, 0) is 29.3 Å². The van der Waals surface area contributed by atoms with Crippen LogP contribution in [0.2, 0.25) is 5.02 Å². The Bertz CT molecular complexity index is 1710. The van der Waals surface area contributed by atoms with Gasteiger partial charge in [-0.2, -0.15) is 0 Å². The number of imidazole rings is 1. The largest absolute Gasteiger partial charge is 0.493 e. The van der Waals surface area contributed by atoms with E-state index in [1.165, 1.54) is 6.33 Å². The quantitative estimate of drug-likeness (QED) is 0.263. The second-order valence-electron chi connectivity index (χ2n) is 8.33. The number of para-hydroxylation sites is 1. The molecule has 176 valence electrons. The number of nitrogens with zero attached hydrogens (tertiary/aromatic N) is 7. The Morgan fingerprint density at radius 3 is 2.36 bits per heavy atom. The summed E-state index contributed by atoms with van der Waals surface area (Å²) in [5, 5.41) is 21.4. The van der Waals surface area contributed by atoms with E-state index in [2.05, 4.69) is 37.3 Å². The molecule has 0 saturated heterocycles. The molecule has 3 aromatic carbocycles. The molecule has 6 rings (SSSR count). The minimum absolute atomic E-state index is 0.0230. The summed E-state index contributed by atoms with van der Waals surface area (Å²) < 4.78 is 3.75. The van der Waals surface area contributed by atoms with Gasteiger partial charge in [-0.15, -0.1) is 10.2 Å². The molecule has 1 N–H and O–H groups in total. The number of hydrogen-bond acceptors (Lipinski definition) is 6. The Morgan fingerprint density at radius 1 is 0.778 bits per heavy atom. The number of rotatable bonds is 6. The molecule has 0 radical (unpaired) electrons. The van der Waals surface area contributed by atoms with E-state index in [0.717, 1.165) is 22.0 Å². The van der Waals surface area contributed by atoms with Gasteiger partial charge in [0.25, 0.3) is 0 Å². The number of azo groups is 1. The second kappa shape index (κ2) is 9.24. The van der Waals surface area contributed by atoms with Crippen molar-refractivity contribution in [1.82, 2.24) is 24.1 Å². The first kappa shape index (κ1) is 21.9. The SMILES string of the molecule is Oc1c(N=Nc2ncnc3c2ncn3Cc2ccccc2)c2ccccc2n1Cc1ccc(Cl)cc1. The highest BCUT2D eigenvalue weighted by Gasteiger charge is 2.17. The summed E-state index contributed by atoms with van der Waals surface area (Å²) in [6.07, 6.45) is 3.17. The Balaban J connectivity index is 1.37. The molecule has 0 fully saturated rings. The number of aromatic hydroxyl groups is 1. The van der Waals surface area contributed by atoms with Gasteiger partial charge in [-0.3, -0.25) is 0 Å². The zero-order valence-electron chi connectivity index (χ0n) is 19.0. The van der Waals surface area contributed by atoms with Crippen LogP contribution in [0.4, 0.5) is 11.5 Å². The third-order valence-electron chi connectivity index (χ3n) is 5.99. The zero-order chi connectivity index (χ0) is 24.5. The maximum absolute atomic E-state index is 11.1. The summed E-state index contributed by atoms with van der Waals surface area (Å²) >= 11 is 6.03. The molecule has 0 aliphatic carbocycles. The monoisotopic (exact) mass is 493 g/mol. The van der Waals surface area contributed by atoms with Crippen LogP contribution in [0.15, 0.2) is 102 Å². The number of hydrogen-bond donors (Lipinski definition) is 1. The van der Waals surface area contributed by atoms with E-state index in [-0.39, 0.29) is 5.88 Å². The first-order valence-electron chi connectivity index (χ1n) is 11.3. The van der Waals surface area contributed by atoms with Gasteiger partial charge < -0.3 is 14.2 Å². The highest BCUT2D eigenvalue weighted by atomic mass is 35.5. The van der Waals surface area contributed by atoms with Crippen LogP contribution in [-0.4, -0.2) is 29.2 Å². The Hall–Kier alpha value is -4.56. The summed E-state index contributed by atoms with van der Waals surface area (Å²) in [6, 6.07) is 25.3. The summed E-state index contributed by atoms with van der Waals surface area (Å²) in [5.41, 5.74) is 4.56. The fourth-order valence-corrected chi connectivity index (χ4v) is 4.36. The third kappa shape index (κ3) is 4.08. The lowest BCUT2D eigenvalue weighted by atomic mass is 10.2. The average Bonchev–Trinajstić information content (AvgIpc) is 3.43. The molecule has 36 heavy (non-hydrogen) atoms. The van der Waals surface area contributed by atoms with Crippen molar-refractivity contribution in [2.75, 3.05) is 0 Å². The molecule has 0 aliphatic rings. The van der Waals surface area contributed by atoms with Gasteiger partial charge in [-0.1, -0.05) is 72.3 Å². The van der Waals surface area contributed by atoms with Gasteiger partial charge in [0, 0.05) is 10.4 Å². The lowest BCUT2D eigenvalue weighted by molar-refractivity contribution is 0.429. The van der Waals surface area contributed by atoms with Crippen molar-refractivity contribution in [3.05, 3.63) is 108 Å². The zero-order valence-corrected chi connectivity index (χ0v) is 19.8. The molecular weight excluding hydrogens is 474 g/mol. The highest BCUT2D eigenvalue weighted by Crippen LogP contribution is 2.40. The molecular formula is C27H20ClN7O. The molecule has 8 nitrogen and oxygen atoms in total. The molecule has 3 aromatic heterocycles.